The van der Waals surface area contributed by atoms with Gasteiger partial charge in [0.05, 0.1) is 0 Å². The predicted molar refractivity (Wildman–Crippen MR) is 84.5 cm³/mol. The molecule has 2 saturated heterocycles. The van der Waals surface area contributed by atoms with Gasteiger partial charge in [-0.2, -0.15) is 0 Å². The van der Waals surface area contributed by atoms with Crippen LogP contribution in [0.15, 0.2) is 28.7 Å². The molecular formula is C19H23NO. The zero-order chi connectivity index (χ0) is 14.0. The molecule has 6 rings (SSSR count). The van der Waals surface area contributed by atoms with Gasteiger partial charge >= 0.3 is 0 Å². The minimum Gasteiger partial charge on any atom is -0.460 e. The van der Waals surface area contributed by atoms with Crippen LogP contribution >= 0.6 is 0 Å². The second-order valence-electron chi connectivity index (χ2n) is 7.29. The first-order valence-electron chi connectivity index (χ1n) is 8.59. The molecule has 0 radical (unpaired) electrons. The molecule has 4 aliphatic rings. The Bertz CT molecular complexity index is 688. The third-order valence-electron chi connectivity index (χ3n) is 6.27. The fraction of sp³-hybridized carbons (Fsp3) is 0.579. The fourth-order valence-corrected chi connectivity index (χ4v) is 5.49. The Morgan fingerprint density at radius 2 is 2.14 bits per heavy atom. The Labute approximate surface area is 126 Å². The first-order chi connectivity index (χ1) is 10.3. The summed E-state index contributed by atoms with van der Waals surface area (Å²) in [7, 11) is 0. The van der Waals surface area contributed by atoms with E-state index in [9.17, 15) is 0 Å². The number of hydrogen-bond donors (Lipinski definition) is 0. The van der Waals surface area contributed by atoms with Crippen molar-refractivity contribution in [3.63, 3.8) is 0 Å². The van der Waals surface area contributed by atoms with Gasteiger partial charge < -0.3 is 4.42 Å². The Morgan fingerprint density at radius 1 is 1.24 bits per heavy atom. The van der Waals surface area contributed by atoms with Gasteiger partial charge in [-0.25, -0.2) is 0 Å². The van der Waals surface area contributed by atoms with Crippen molar-refractivity contribution < 1.29 is 4.42 Å². The summed E-state index contributed by atoms with van der Waals surface area (Å²) in [6.07, 6.45) is 5.29. The fourth-order valence-electron chi connectivity index (χ4n) is 5.49. The van der Waals surface area contributed by atoms with Gasteiger partial charge in [-0.15, -0.1) is 0 Å². The molecule has 110 valence electrons. The van der Waals surface area contributed by atoms with Crippen LogP contribution in [0.2, 0.25) is 0 Å². The number of rotatable bonds is 1. The molecule has 3 aliphatic heterocycles. The minimum atomic E-state index is 0.646. The molecule has 1 aliphatic carbocycles. The van der Waals surface area contributed by atoms with Crippen LogP contribution in [0.4, 0.5) is 0 Å². The van der Waals surface area contributed by atoms with Crippen LogP contribution < -0.4 is 0 Å². The molecule has 1 unspecified atom stereocenters. The number of nitrogens with zero attached hydrogens (tertiary/aromatic N) is 1. The maximum absolute atomic E-state index is 6.38. The van der Waals surface area contributed by atoms with Gasteiger partial charge in [0.25, 0.3) is 0 Å². The highest BCUT2D eigenvalue weighted by Gasteiger charge is 2.49. The predicted octanol–water partition coefficient (Wildman–Crippen LogP) is 4.19. The molecule has 3 fully saturated rings. The molecular weight excluding hydrogens is 258 g/mol. The summed E-state index contributed by atoms with van der Waals surface area (Å²) in [5.74, 6) is 3.75. The van der Waals surface area contributed by atoms with Gasteiger partial charge in [-0.3, -0.25) is 4.90 Å². The van der Waals surface area contributed by atoms with Crippen LogP contribution in [-0.4, -0.2) is 24.0 Å². The molecule has 21 heavy (non-hydrogen) atoms. The number of fused-ring (bicyclic) bond motifs is 4. The van der Waals surface area contributed by atoms with Gasteiger partial charge in [0.15, 0.2) is 0 Å². The van der Waals surface area contributed by atoms with E-state index in [-0.39, 0.29) is 0 Å². The van der Waals surface area contributed by atoms with E-state index in [1.807, 2.05) is 0 Å². The lowest BCUT2D eigenvalue weighted by atomic mass is 9.65. The molecule has 4 bridgehead atoms. The van der Waals surface area contributed by atoms with Crippen LogP contribution in [0, 0.1) is 11.8 Å². The maximum atomic E-state index is 6.38. The normalized spacial score (nSPS) is 37.5. The monoisotopic (exact) mass is 281 g/mol. The number of furan rings is 1. The van der Waals surface area contributed by atoms with E-state index >= 15 is 0 Å². The second kappa shape index (κ2) is 4.36. The van der Waals surface area contributed by atoms with Crippen molar-refractivity contribution in [1.29, 1.82) is 0 Å². The standard InChI is InChI=1S/C19H23NO/c1-2-13-9-12-10-16-18(13)20(11-12)8-7-15-14-5-3-4-6-17(14)21-19(15)16/h3-6,12-13,16,18H,2,7-11H2,1H3/t12-,13+,16-,18+/m0/s1. The lowest BCUT2D eigenvalue weighted by molar-refractivity contribution is -0.0169. The SMILES string of the molecule is CC[C@@H]1C[C@H]2C[C@@H]3c4oc5ccccc5c4CCN(C2)[C@H]13. The van der Waals surface area contributed by atoms with Gasteiger partial charge in [0.1, 0.15) is 11.3 Å². The van der Waals surface area contributed by atoms with Crippen LogP contribution in [0.1, 0.15) is 43.4 Å². The zero-order valence-corrected chi connectivity index (χ0v) is 12.7. The lowest BCUT2D eigenvalue weighted by Gasteiger charge is -2.52. The molecule has 1 aromatic carbocycles. The van der Waals surface area contributed by atoms with Gasteiger partial charge in [0.2, 0.25) is 0 Å². The summed E-state index contributed by atoms with van der Waals surface area (Å²) in [5.41, 5.74) is 2.62. The van der Waals surface area contributed by atoms with Crippen LogP contribution in [0.5, 0.6) is 0 Å². The van der Waals surface area contributed by atoms with E-state index in [2.05, 4.69) is 36.1 Å². The van der Waals surface area contributed by atoms with Crippen LogP contribution in [0.3, 0.4) is 0 Å². The van der Waals surface area contributed by atoms with E-state index in [1.165, 1.54) is 55.5 Å². The van der Waals surface area contributed by atoms with Crippen LogP contribution in [-0.2, 0) is 6.42 Å². The van der Waals surface area contributed by atoms with Crippen molar-refractivity contribution in [3.05, 3.63) is 35.6 Å². The zero-order valence-electron chi connectivity index (χ0n) is 12.7. The number of hydrogen-bond acceptors (Lipinski definition) is 2. The Kier molecular flexibility index (Phi) is 2.55. The summed E-state index contributed by atoms with van der Waals surface area (Å²) < 4.78 is 6.38. The van der Waals surface area contributed by atoms with Gasteiger partial charge in [0, 0.05) is 36.0 Å². The first kappa shape index (κ1) is 12.3. The van der Waals surface area contributed by atoms with Gasteiger partial charge in [-0.1, -0.05) is 31.5 Å². The van der Waals surface area contributed by atoms with Crippen molar-refractivity contribution in [2.24, 2.45) is 11.8 Å². The van der Waals surface area contributed by atoms with Crippen molar-refractivity contribution >= 4 is 11.0 Å². The topological polar surface area (TPSA) is 16.4 Å². The number of benzene rings is 1. The Morgan fingerprint density at radius 3 is 3.05 bits per heavy atom. The molecule has 2 aromatic rings. The van der Waals surface area contributed by atoms with E-state index < -0.39 is 0 Å². The third kappa shape index (κ3) is 1.63. The molecule has 1 saturated carbocycles. The molecule has 2 nitrogen and oxygen atoms in total. The largest absolute Gasteiger partial charge is 0.460 e. The molecule has 5 atom stereocenters. The summed E-state index contributed by atoms with van der Waals surface area (Å²) in [6, 6.07) is 9.37. The van der Waals surface area contributed by atoms with Crippen molar-refractivity contribution in [2.45, 2.75) is 44.6 Å². The highest BCUT2D eigenvalue weighted by molar-refractivity contribution is 5.82. The molecule has 0 N–H and O–H groups in total. The number of para-hydroxylation sites is 1. The second-order valence-corrected chi connectivity index (χ2v) is 7.29. The molecule has 4 heterocycles. The quantitative estimate of drug-likeness (QED) is 0.779. The van der Waals surface area contributed by atoms with Crippen LogP contribution in [0.25, 0.3) is 11.0 Å². The summed E-state index contributed by atoms with van der Waals surface area (Å²) in [6.45, 7) is 4.93. The smallest absolute Gasteiger partial charge is 0.134 e. The van der Waals surface area contributed by atoms with Gasteiger partial charge in [-0.05, 0) is 37.2 Å². The molecule has 1 aromatic heterocycles. The van der Waals surface area contributed by atoms with Crippen molar-refractivity contribution in [2.75, 3.05) is 13.1 Å². The third-order valence-corrected chi connectivity index (χ3v) is 6.27. The molecule has 2 heteroatoms. The molecule has 0 amide bonds. The number of piperidine rings is 2. The van der Waals surface area contributed by atoms with E-state index in [1.54, 1.807) is 0 Å². The first-order valence-corrected chi connectivity index (χ1v) is 8.59. The van der Waals surface area contributed by atoms with Crippen molar-refractivity contribution in [1.82, 2.24) is 4.90 Å². The maximum Gasteiger partial charge on any atom is 0.134 e. The highest BCUT2D eigenvalue weighted by Crippen LogP contribution is 2.51. The van der Waals surface area contributed by atoms with E-state index in [0.29, 0.717) is 5.92 Å². The average molecular weight is 281 g/mol. The average Bonchev–Trinajstić information content (AvgIpc) is 2.86. The lowest BCUT2D eigenvalue weighted by Crippen LogP contribution is -2.56. The highest BCUT2D eigenvalue weighted by atomic mass is 16.3. The summed E-state index contributed by atoms with van der Waals surface area (Å²) in [5, 5.41) is 1.37. The Balaban J connectivity index is 1.69. The Hall–Kier alpha value is -1.28. The summed E-state index contributed by atoms with van der Waals surface area (Å²) >= 11 is 0. The molecule has 0 spiro atoms. The van der Waals surface area contributed by atoms with E-state index in [4.69, 9.17) is 4.42 Å². The van der Waals surface area contributed by atoms with Crippen molar-refractivity contribution in [3.8, 4) is 0 Å². The van der Waals surface area contributed by atoms with E-state index in [0.717, 1.165) is 23.5 Å². The summed E-state index contributed by atoms with van der Waals surface area (Å²) in [4.78, 5) is 2.79. The minimum absolute atomic E-state index is 0.646.